The Bertz CT molecular complexity index is 1360. The van der Waals surface area contributed by atoms with Crippen molar-refractivity contribution >= 4 is 5.82 Å². The summed E-state index contributed by atoms with van der Waals surface area (Å²) in [4.78, 5) is 22.9. The van der Waals surface area contributed by atoms with Gasteiger partial charge < -0.3 is 23.7 Å². The molecule has 0 spiro atoms. The normalized spacial score (nSPS) is 15.1. The van der Waals surface area contributed by atoms with Gasteiger partial charge >= 0.3 is 0 Å². The number of hydrogen-bond donors (Lipinski definition) is 1. The fourth-order valence-electron chi connectivity index (χ4n) is 4.96. The Morgan fingerprint density at radius 3 is 2.53 bits per heavy atom. The lowest BCUT2D eigenvalue weighted by Gasteiger charge is -2.40. The first-order valence-corrected chi connectivity index (χ1v) is 12.1. The largest absolute Gasteiger partial charge is 0.507 e. The highest BCUT2D eigenvalue weighted by molar-refractivity contribution is 5.47. The minimum absolute atomic E-state index is 0.0174. The minimum Gasteiger partial charge on any atom is -0.507 e. The van der Waals surface area contributed by atoms with Gasteiger partial charge in [0.2, 0.25) is 0 Å². The Labute approximate surface area is 210 Å². The molecule has 1 aromatic carbocycles. The molecule has 1 aliphatic heterocycles. The number of piperazine rings is 1. The molecule has 0 unspecified atom stereocenters. The minimum atomic E-state index is -0.483. The number of aryl methyl sites for hydroxylation is 1. The summed E-state index contributed by atoms with van der Waals surface area (Å²) in [5, 5.41) is 11.2. The average molecular weight is 487 g/mol. The number of hydrogen-bond acceptors (Lipinski definition) is 7. The lowest BCUT2D eigenvalue weighted by atomic mass is 9.95. The van der Waals surface area contributed by atoms with Crippen molar-refractivity contribution in [1.29, 1.82) is 0 Å². The number of aromatic nitrogens is 2. The Kier molecular flexibility index (Phi) is 6.77. The van der Waals surface area contributed by atoms with Crippen molar-refractivity contribution < 1.29 is 14.3 Å². The number of methoxy groups -OCH3 is 1. The Morgan fingerprint density at radius 2 is 1.83 bits per heavy atom. The molecule has 1 N–H and O–H groups in total. The molecule has 1 atom stereocenters. The predicted molar refractivity (Wildman–Crippen MR) is 138 cm³/mol. The molecule has 8 nitrogen and oxygen atoms in total. The molecule has 4 aromatic rings. The SMILES string of the molecule is COc1ccccc1[C@H](c1c(O)cc(C)n(Cc2ccco2)c1=O)N1CCN(c2ccccn2)CC1. The number of anilines is 1. The maximum absolute atomic E-state index is 14.0. The Morgan fingerprint density at radius 1 is 1.06 bits per heavy atom. The second-order valence-corrected chi connectivity index (χ2v) is 8.91. The molecule has 1 saturated heterocycles. The lowest BCUT2D eigenvalue weighted by molar-refractivity contribution is 0.203. The molecular formula is C28H30N4O4. The Balaban J connectivity index is 1.57. The standard InChI is InChI=1S/C28H30N4O4/c1-20-18-23(33)26(28(34)32(20)19-21-8-7-17-36-21)27(22-9-3-4-10-24(22)35-2)31-15-13-30(14-16-31)25-11-5-6-12-29-25/h3-12,17-18,27,33H,13-16,19H2,1-2H3/t27-/m1/s1. The first kappa shape index (κ1) is 23.7. The molecule has 0 radical (unpaired) electrons. The van der Waals surface area contributed by atoms with Crippen LogP contribution < -0.4 is 15.2 Å². The molecule has 8 heteroatoms. The number of rotatable bonds is 7. The topological polar surface area (TPSA) is 84.0 Å². The molecule has 1 fully saturated rings. The zero-order valence-corrected chi connectivity index (χ0v) is 20.5. The van der Waals surface area contributed by atoms with Crippen molar-refractivity contribution in [3.63, 3.8) is 0 Å². The van der Waals surface area contributed by atoms with E-state index < -0.39 is 6.04 Å². The van der Waals surface area contributed by atoms with Crippen LogP contribution in [0.3, 0.4) is 0 Å². The van der Waals surface area contributed by atoms with E-state index in [2.05, 4.69) is 14.8 Å². The molecule has 36 heavy (non-hydrogen) atoms. The van der Waals surface area contributed by atoms with Crippen LogP contribution in [0.15, 0.2) is 82.3 Å². The number of aromatic hydroxyl groups is 1. The summed E-state index contributed by atoms with van der Waals surface area (Å²) >= 11 is 0. The molecule has 5 rings (SSSR count). The van der Waals surface area contributed by atoms with Gasteiger partial charge in [0.05, 0.1) is 31.5 Å². The number of benzene rings is 1. The van der Waals surface area contributed by atoms with Crippen LogP contribution in [0.2, 0.25) is 0 Å². The molecule has 0 amide bonds. The second-order valence-electron chi connectivity index (χ2n) is 8.91. The maximum Gasteiger partial charge on any atom is 0.260 e. The van der Waals surface area contributed by atoms with E-state index in [0.29, 0.717) is 35.9 Å². The van der Waals surface area contributed by atoms with Crippen molar-refractivity contribution in [2.75, 3.05) is 38.2 Å². The van der Waals surface area contributed by atoms with E-state index in [1.165, 1.54) is 0 Å². The number of furan rings is 1. The maximum atomic E-state index is 14.0. The smallest absolute Gasteiger partial charge is 0.260 e. The molecule has 186 valence electrons. The monoisotopic (exact) mass is 486 g/mol. The first-order chi connectivity index (χ1) is 17.6. The molecule has 3 aromatic heterocycles. The van der Waals surface area contributed by atoms with Crippen molar-refractivity contribution in [3.8, 4) is 11.5 Å². The third-order valence-electron chi connectivity index (χ3n) is 6.78. The van der Waals surface area contributed by atoms with Crippen molar-refractivity contribution in [1.82, 2.24) is 14.5 Å². The summed E-state index contributed by atoms with van der Waals surface area (Å²) < 4.78 is 12.9. The highest BCUT2D eigenvalue weighted by Crippen LogP contribution is 2.38. The van der Waals surface area contributed by atoms with E-state index >= 15 is 0 Å². The molecule has 0 saturated carbocycles. The van der Waals surface area contributed by atoms with Crippen LogP contribution in [-0.4, -0.2) is 52.8 Å². The van der Waals surface area contributed by atoms with Gasteiger partial charge in [-0.1, -0.05) is 24.3 Å². The van der Waals surface area contributed by atoms with E-state index in [9.17, 15) is 9.90 Å². The first-order valence-electron chi connectivity index (χ1n) is 12.1. The highest BCUT2D eigenvalue weighted by Gasteiger charge is 2.33. The summed E-state index contributed by atoms with van der Waals surface area (Å²) in [6.07, 6.45) is 3.39. The fraction of sp³-hybridized carbons (Fsp3) is 0.286. The summed E-state index contributed by atoms with van der Waals surface area (Å²) in [5.41, 5.74) is 1.60. The third kappa shape index (κ3) is 4.59. The summed E-state index contributed by atoms with van der Waals surface area (Å²) in [5.74, 6) is 2.27. The van der Waals surface area contributed by atoms with Gasteiger partial charge in [-0.25, -0.2) is 4.98 Å². The molecule has 0 bridgehead atoms. The van der Waals surface area contributed by atoms with E-state index in [-0.39, 0.29) is 17.9 Å². The zero-order valence-electron chi connectivity index (χ0n) is 20.5. The van der Waals surface area contributed by atoms with Gasteiger partial charge in [0.1, 0.15) is 23.1 Å². The summed E-state index contributed by atoms with van der Waals surface area (Å²) in [7, 11) is 1.62. The predicted octanol–water partition coefficient (Wildman–Crippen LogP) is 3.82. The van der Waals surface area contributed by atoms with Crippen molar-refractivity contribution in [2.24, 2.45) is 0 Å². The van der Waals surface area contributed by atoms with Crippen LogP contribution in [-0.2, 0) is 6.54 Å². The lowest BCUT2D eigenvalue weighted by Crippen LogP contribution is -2.49. The molecule has 1 aliphatic rings. The second kappa shape index (κ2) is 10.3. The van der Waals surface area contributed by atoms with Crippen LogP contribution in [0.1, 0.15) is 28.6 Å². The van der Waals surface area contributed by atoms with Gasteiger partial charge in [-0.05, 0) is 43.3 Å². The number of nitrogens with zero attached hydrogens (tertiary/aromatic N) is 4. The van der Waals surface area contributed by atoms with Gasteiger partial charge in [0.15, 0.2) is 0 Å². The summed E-state index contributed by atoms with van der Waals surface area (Å²) in [6, 6.07) is 18.4. The van der Waals surface area contributed by atoms with E-state index in [1.54, 1.807) is 36.3 Å². The fourth-order valence-corrected chi connectivity index (χ4v) is 4.96. The van der Waals surface area contributed by atoms with Gasteiger partial charge in [-0.2, -0.15) is 0 Å². The Hall–Kier alpha value is -4.04. The van der Waals surface area contributed by atoms with Gasteiger partial charge in [-0.3, -0.25) is 9.69 Å². The number of para-hydroxylation sites is 1. The molecular weight excluding hydrogens is 456 g/mol. The van der Waals surface area contributed by atoms with E-state index in [0.717, 1.165) is 24.5 Å². The molecule has 4 heterocycles. The van der Waals surface area contributed by atoms with Crippen LogP contribution in [0.4, 0.5) is 5.82 Å². The van der Waals surface area contributed by atoms with Gasteiger partial charge in [0.25, 0.3) is 5.56 Å². The number of pyridine rings is 2. The number of ether oxygens (including phenoxy) is 1. The van der Waals surface area contributed by atoms with Crippen LogP contribution in [0.5, 0.6) is 11.5 Å². The average Bonchev–Trinajstić information content (AvgIpc) is 3.43. The zero-order chi connectivity index (χ0) is 25.1. The van der Waals surface area contributed by atoms with Gasteiger partial charge in [0, 0.05) is 43.6 Å². The van der Waals surface area contributed by atoms with Crippen LogP contribution >= 0.6 is 0 Å². The van der Waals surface area contributed by atoms with E-state index in [1.807, 2.05) is 55.5 Å². The molecule has 0 aliphatic carbocycles. The van der Waals surface area contributed by atoms with Gasteiger partial charge in [-0.15, -0.1) is 0 Å². The van der Waals surface area contributed by atoms with E-state index in [4.69, 9.17) is 9.15 Å². The highest BCUT2D eigenvalue weighted by atomic mass is 16.5. The van der Waals surface area contributed by atoms with Crippen LogP contribution in [0.25, 0.3) is 0 Å². The van der Waals surface area contributed by atoms with Crippen molar-refractivity contribution in [3.05, 3.63) is 106 Å². The summed E-state index contributed by atoms with van der Waals surface area (Å²) in [6.45, 7) is 4.97. The van der Waals surface area contributed by atoms with Crippen LogP contribution in [0, 0.1) is 6.92 Å². The third-order valence-corrected chi connectivity index (χ3v) is 6.78. The van der Waals surface area contributed by atoms with Crippen molar-refractivity contribution in [2.45, 2.75) is 19.5 Å². The quantitative estimate of drug-likeness (QED) is 0.425.